The van der Waals surface area contributed by atoms with Crippen molar-refractivity contribution in [3.63, 3.8) is 0 Å². The van der Waals surface area contributed by atoms with Gasteiger partial charge in [0.25, 0.3) is 0 Å². The molecule has 0 bridgehead atoms. The minimum Gasteiger partial charge on any atom is -0.494 e. The number of aromatic nitrogens is 3. The van der Waals surface area contributed by atoms with E-state index in [0.29, 0.717) is 31.0 Å². The molecule has 1 aliphatic heterocycles. The molecule has 10 heteroatoms. The SMILES string of the molecule is COc1cc(N2CCOCC2)c(Br)cc1-n1cnn(C/C(=C/F)CN)c1=O. The summed E-state index contributed by atoms with van der Waals surface area (Å²) in [6.07, 6.45) is 1.78. The van der Waals surface area contributed by atoms with Crippen molar-refractivity contribution in [2.45, 2.75) is 6.54 Å². The van der Waals surface area contributed by atoms with Crippen LogP contribution in [0, 0.1) is 0 Å². The van der Waals surface area contributed by atoms with E-state index >= 15 is 0 Å². The van der Waals surface area contributed by atoms with Crippen molar-refractivity contribution in [1.29, 1.82) is 0 Å². The number of halogens is 2. The third-order valence-corrected chi connectivity index (χ3v) is 5.00. The molecular weight excluding hydrogens is 421 g/mol. The minimum absolute atomic E-state index is 0.00577. The molecule has 0 spiro atoms. The van der Waals surface area contributed by atoms with E-state index in [1.807, 2.05) is 12.1 Å². The Morgan fingerprint density at radius 2 is 2.15 bits per heavy atom. The maximum atomic E-state index is 12.8. The van der Waals surface area contributed by atoms with E-state index in [1.165, 1.54) is 10.9 Å². The second-order valence-corrected chi connectivity index (χ2v) is 6.84. The molecular formula is C17H21BrFN5O3. The number of hydrogen-bond donors (Lipinski definition) is 1. The first-order valence-electron chi connectivity index (χ1n) is 8.42. The highest BCUT2D eigenvalue weighted by molar-refractivity contribution is 9.10. The van der Waals surface area contributed by atoms with Gasteiger partial charge in [0.2, 0.25) is 0 Å². The second-order valence-electron chi connectivity index (χ2n) is 5.99. The highest BCUT2D eigenvalue weighted by Crippen LogP contribution is 2.35. The topological polar surface area (TPSA) is 87.5 Å². The smallest absolute Gasteiger partial charge is 0.350 e. The zero-order chi connectivity index (χ0) is 19.4. The molecule has 0 aliphatic carbocycles. The third-order valence-electron chi connectivity index (χ3n) is 4.36. The standard InChI is InChI=1S/C17H21BrFN5O3/c1-26-16-7-14(22-2-4-27-5-3-22)13(18)6-15(16)23-11-21-24(17(23)25)10-12(8-19)9-20/h6-8,11H,2-5,9-10,20H2,1H3/b12-8+. The van der Waals surface area contributed by atoms with Crippen LogP contribution in [-0.2, 0) is 11.3 Å². The van der Waals surface area contributed by atoms with Crippen LogP contribution in [0.15, 0.2) is 39.6 Å². The van der Waals surface area contributed by atoms with Crippen LogP contribution in [0.25, 0.3) is 5.69 Å². The third kappa shape index (κ3) is 4.07. The fraction of sp³-hybridized carbons (Fsp3) is 0.412. The highest BCUT2D eigenvalue weighted by atomic mass is 79.9. The van der Waals surface area contributed by atoms with Gasteiger partial charge < -0.3 is 20.1 Å². The normalized spacial score (nSPS) is 15.3. The van der Waals surface area contributed by atoms with Gasteiger partial charge in [0.15, 0.2) is 0 Å². The Balaban J connectivity index is 1.98. The van der Waals surface area contributed by atoms with Crippen LogP contribution in [0.4, 0.5) is 10.1 Å². The maximum absolute atomic E-state index is 12.8. The molecule has 0 radical (unpaired) electrons. The molecule has 2 N–H and O–H groups in total. The van der Waals surface area contributed by atoms with E-state index in [-0.39, 0.29) is 18.7 Å². The van der Waals surface area contributed by atoms with E-state index in [1.54, 1.807) is 7.11 Å². The van der Waals surface area contributed by atoms with Gasteiger partial charge >= 0.3 is 5.69 Å². The lowest BCUT2D eigenvalue weighted by Gasteiger charge is -2.30. The van der Waals surface area contributed by atoms with Crippen LogP contribution in [-0.4, -0.2) is 54.3 Å². The summed E-state index contributed by atoms with van der Waals surface area (Å²) in [6.45, 7) is 2.88. The first kappa shape index (κ1) is 19.6. The first-order chi connectivity index (χ1) is 13.1. The Labute approximate surface area is 164 Å². The zero-order valence-electron chi connectivity index (χ0n) is 14.9. The lowest BCUT2D eigenvalue weighted by molar-refractivity contribution is 0.122. The Bertz CT molecular complexity index is 889. The van der Waals surface area contributed by atoms with Crippen LogP contribution in [0.2, 0.25) is 0 Å². The molecule has 0 unspecified atom stereocenters. The van der Waals surface area contributed by atoms with Gasteiger partial charge in [-0.15, -0.1) is 0 Å². The summed E-state index contributed by atoms with van der Waals surface area (Å²) >= 11 is 3.58. The quantitative estimate of drug-likeness (QED) is 0.729. The Hall–Kier alpha value is -2.17. The van der Waals surface area contributed by atoms with Gasteiger partial charge in [-0.2, -0.15) is 5.10 Å². The van der Waals surface area contributed by atoms with Crippen molar-refractivity contribution < 1.29 is 13.9 Å². The minimum atomic E-state index is -0.410. The number of ether oxygens (including phenoxy) is 2. The molecule has 27 heavy (non-hydrogen) atoms. The number of rotatable bonds is 6. The van der Waals surface area contributed by atoms with Crippen molar-refractivity contribution in [1.82, 2.24) is 14.3 Å². The van der Waals surface area contributed by atoms with Crippen LogP contribution >= 0.6 is 15.9 Å². The monoisotopic (exact) mass is 441 g/mol. The lowest BCUT2D eigenvalue weighted by Crippen LogP contribution is -2.36. The molecule has 146 valence electrons. The van der Waals surface area contributed by atoms with E-state index in [9.17, 15) is 9.18 Å². The Morgan fingerprint density at radius 1 is 1.41 bits per heavy atom. The van der Waals surface area contributed by atoms with E-state index in [4.69, 9.17) is 15.2 Å². The van der Waals surface area contributed by atoms with E-state index < -0.39 is 5.69 Å². The summed E-state index contributed by atoms with van der Waals surface area (Å²) in [5.41, 5.74) is 6.82. The van der Waals surface area contributed by atoms with Gasteiger partial charge in [0.05, 0.1) is 44.6 Å². The average Bonchev–Trinajstić information content (AvgIpc) is 3.06. The van der Waals surface area contributed by atoms with Gasteiger partial charge in [0, 0.05) is 30.2 Å². The molecule has 0 amide bonds. The lowest BCUT2D eigenvalue weighted by atomic mass is 10.2. The summed E-state index contributed by atoms with van der Waals surface area (Å²) in [5, 5.41) is 4.05. The molecule has 1 aliphatic rings. The van der Waals surface area contributed by atoms with Crippen molar-refractivity contribution in [3.05, 3.63) is 45.3 Å². The summed E-state index contributed by atoms with van der Waals surface area (Å²) in [5.74, 6) is 0.529. The van der Waals surface area contributed by atoms with Crippen molar-refractivity contribution >= 4 is 21.6 Å². The number of nitrogens with zero attached hydrogens (tertiary/aromatic N) is 4. The summed E-state index contributed by atoms with van der Waals surface area (Å²) in [6, 6.07) is 3.69. The molecule has 2 heterocycles. The van der Waals surface area contributed by atoms with Crippen LogP contribution in [0.3, 0.4) is 0 Å². The molecule has 1 aromatic carbocycles. The van der Waals surface area contributed by atoms with Gasteiger partial charge in [0.1, 0.15) is 12.1 Å². The summed E-state index contributed by atoms with van der Waals surface area (Å²) in [4.78, 5) is 14.9. The zero-order valence-corrected chi connectivity index (χ0v) is 16.5. The van der Waals surface area contributed by atoms with Gasteiger partial charge in [-0.05, 0) is 27.6 Å². The van der Waals surface area contributed by atoms with Gasteiger partial charge in [-0.25, -0.2) is 18.4 Å². The Kier molecular flexibility index (Phi) is 6.30. The second kappa shape index (κ2) is 8.68. The molecule has 2 aromatic rings. The average molecular weight is 442 g/mol. The fourth-order valence-corrected chi connectivity index (χ4v) is 3.46. The number of anilines is 1. The number of nitrogens with two attached hydrogens (primary N) is 1. The molecule has 8 nitrogen and oxygen atoms in total. The number of hydrogen-bond acceptors (Lipinski definition) is 6. The van der Waals surface area contributed by atoms with E-state index in [2.05, 4.69) is 25.9 Å². The van der Waals surface area contributed by atoms with Crippen LogP contribution < -0.4 is 21.1 Å². The Morgan fingerprint density at radius 3 is 2.78 bits per heavy atom. The number of benzene rings is 1. The number of morpholine rings is 1. The fourth-order valence-electron chi connectivity index (χ4n) is 2.88. The maximum Gasteiger partial charge on any atom is 0.350 e. The van der Waals surface area contributed by atoms with Crippen molar-refractivity contribution in [3.8, 4) is 11.4 Å². The van der Waals surface area contributed by atoms with Crippen molar-refractivity contribution in [2.24, 2.45) is 5.73 Å². The molecule has 0 atom stereocenters. The van der Waals surface area contributed by atoms with Crippen LogP contribution in [0.1, 0.15) is 0 Å². The summed E-state index contributed by atoms with van der Waals surface area (Å²) in [7, 11) is 1.55. The molecule has 1 saturated heterocycles. The van der Waals surface area contributed by atoms with E-state index in [0.717, 1.165) is 27.9 Å². The predicted molar refractivity (Wildman–Crippen MR) is 103 cm³/mol. The molecule has 1 fully saturated rings. The first-order valence-corrected chi connectivity index (χ1v) is 9.21. The summed E-state index contributed by atoms with van der Waals surface area (Å²) < 4.78 is 27.0. The largest absolute Gasteiger partial charge is 0.494 e. The molecule has 3 rings (SSSR count). The molecule has 1 aromatic heterocycles. The van der Waals surface area contributed by atoms with Gasteiger partial charge in [-0.3, -0.25) is 0 Å². The highest BCUT2D eigenvalue weighted by Gasteiger charge is 2.19. The van der Waals surface area contributed by atoms with Crippen molar-refractivity contribution in [2.75, 3.05) is 44.9 Å². The van der Waals surface area contributed by atoms with Gasteiger partial charge in [-0.1, -0.05) is 0 Å². The predicted octanol–water partition coefficient (Wildman–Crippen LogP) is 1.45. The number of methoxy groups -OCH3 is 1. The molecule has 0 saturated carbocycles. The van der Waals surface area contributed by atoms with Crippen LogP contribution in [0.5, 0.6) is 5.75 Å².